The summed E-state index contributed by atoms with van der Waals surface area (Å²) in [6, 6.07) is 0. The van der Waals surface area contributed by atoms with Gasteiger partial charge in [-0.1, -0.05) is 0 Å². The van der Waals surface area contributed by atoms with Gasteiger partial charge in [0.05, 0.1) is 4.92 Å². The fourth-order valence-electron chi connectivity index (χ4n) is 1.81. The molecule has 0 aliphatic heterocycles. The van der Waals surface area contributed by atoms with Crippen LogP contribution in [0.5, 0.6) is 0 Å². The second-order valence-corrected chi connectivity index (χ2v) is 4.84. The molecule has 0 bridgehead atoms. The van der Waals surface area contributed by atoms with Crippen LogP contribution in [-0.4, -0.2) is 32.0 Å². The molecule has 1 heterocycles. The SMILES string of the molecule is CCn1nc(C)c([N+](=O)[O-])c1NC(C)(C)CCO. The summed E-state index contributed by atoms with van der Waals surface area (Å²) in [6.07, 6.45) is 0.498. The van der Waals surface area contributed by atoms with Gasteiger partial charge in [-0.3, -0.25) is 10.1 Å². The summed E-state index contributed by atoms with van der Waals surface area (Å²) in [5.41, 5.74) is -0.0363. The van der Waals surface area contributed by atoms with Crippen LogP contribution in [-0.2, 0) is 6.54 Å². The van der Waals surface area contributed by atoms with Gasteiger partial charge in [0.2, 0.25) is 5.82 Å². The largest absolute Gasteiger partial charge is 0.396 e. The highest BCUT2D eigenvalue weighted by Crippen LogP contribution is 2.31. The van der Waals surface area contributed by atoms with Gasteiger partial charge in [0.1, 0.15) is 5.69 Å². The standard InChI is InChI=1S/C11H20N4O3/c1-5-14-10(12-11(3,4)6-7-16)9(15(17)18)8(2)13-14/h12,16H,5-7H2,1-4H3. The quantitative estimate of drug-likeness (QED) is 0.596. The highest BCUT2D eigenvalue weighted by molar-refractivity contribution is 5.60. The van der Waals surface area contributed by atoms with E-state index in [4.69, 9.17) is 5.11 Å². The van der Waals surface area contributed by atoms with Crippen molar-refractivity contribution in [1.82, 2.24) is 9.78 Å². The Morgan fingerprint density at radius 3 is 2.61 bits per heavy atom. The second-order valence-electron chi connectivity index (χ2n) is 4.84. The monoisotopic (exact) mass is 256 g/mol. The van der Waals surface area contributed by atoms with Crippen molar-refractivity contribution in [3.8, 4) is 0 Å². The number of hydrogen-bond acceptors (Lipinski definition) is 5. The van der Waals surface area contributed by atoms with Crippen LogP contribution in [0.3, 0.4) is 0 Å². The lowest BCUT2D eigenvalue weighted by Gasteiger charge is -2.26. The summed E-state index contributed by atoms with van der Waals surface area (Å²) < 4.78 is 1.58. The first kappa shape index (κ1) is 14.4. The maximum Gasteiger partial charge on any atom is 0.333 e. The molecule has 0 saturated carbocycles. The number of anilines is 1. The van der Waals surface area contributed by atoms with Crippen LogP contribution >= 0.6 is 0 Å². The van der Waals surface area contributed by atoms with Crippen molar-refractivity contribution >= 4 is 11.5 Å². The Kier molecular flexibility index (Phi) is 4.28. The van der Waals surface area contributed by atoms with E-state index >= 15 is 0 Å². The van der Waals surface area contributed by atoms with Crippen molar-refractivity contribution in [2.24, 2.45) is 0 Å². The topological polar surface area (TPSA) is 93.2 Å². The van der Waals surface area contributed by atoms with Gasteiger partial charge in [0.15, 0.2) is 0 Å². The molecule has 0 aromatic carbocycles. The molecule has 0 atom stereocenters. The third kappa shape index (κ3) is 2.98. The van der Waals surface area contributed by atoms with Crippen LogP contribution in [0.25, 0.3) is 0 Å². The van der Waals surface area contributed by atoms with E-state index in [0.29, 0.717) is 24.5 Å². The predicted octanol–water partition coefficient (Wildman–Crippen LogP) is 1.69. The minimum Gasteiger partial charge on any atom is -0.396 e. The molecule has 1 rings (SSSR count). The summed E-state index contributed by atoms with van der Waals surface area (Å²) in [6.45, 7) is 7.83. The molecule has 0 radical (unpaired) electrons. The Morgan fingerprint density at radius 2 is 2.17 bits per heavy atom. The van der Waals surface area contributed by atoms with E-state index in [2.05, 4.69) is 10.4 Å². The number of nitro groups is 1. The maximum absolute atomic E-state index is 11.1. The van der Waals surface area contributed by atoms with E-state index in [-0.39, 0.29) is 12.3 Å². The van der Waals surface area contributed by atoms with E-state index in [9.17, 15) is 10.1 Å². The Labute approximate surface area is 106 Å². The second kappa shape index (κ2) is 5.34. The zero-order valence-electron chi connectivity index (χ0n) is 11.2. The number of aryl methyl sites for hydroxylation is 2. The van der Waals surface area contributed by atoms with Gasteiger partial charge in [0, 0.05) is 18.7 Å². The summed E-state index contributed by atoms with van der Waals surface area (Å²) in [7, 11) is 0. The predicted molar refractivity (Wildman–Crippen MR) is 68.7 cm³/mol. The van der Waals surface area contributed by atoms with Crippen molar-refractivity contribution < 1.29 is 10.0 Å². The average molecular weight is 256 g/mol. The van der Waals surface area contributed by atoms with Crippen LogP contribution in [0.2, 0.25) is 0 Å². The first-order chi connectivity index (χ1) is 8.32. The number of aliphatic hydroxyl groups excluding tert-OH is 1. The third-order valence-electron chi connectivity index (χ3n) is 2.77. The zero-order valence-corrected chi connectivity index (χ0v) is 11.2. The van der Waals surface area contributed by atoms with Gasteiger partial charge in [-0.25, -0.2) is 4.68 Å². The molecular formula is C11H20N4O3. The molecule has 1 aromatic rings. The van der Waals surface area contributed by atoms with Crippen molar-refractivity contribution in [2.75, 3.05) is 11.9 Å². The van der Waals surface area contributed by atoms with Crippen molar-refractivity contribution in [3.63, 3.8) is 0 Å². The summed E-state index contributed by atoms with van der Waals surface area (Å²) >= 11 is 0. The van der Waals surface area contributed by atoms with E-state index < -0.39 is 10.5 Å². The first-order valence-electron chi connectivity index (χ1n) is 5.93. The number of aromatic nitrogens is 2. The minimum absolute atomic E-state index is 0.00265. The van der Waals surface area contributed by atoms with Gasteiger partial charge < -0.3 is 10.4 Å². The minimum atomic E-state index is -0.432. The number of nitrogens with one attached hydrogen (secondary N) is 1. The molecule has 7 nitrogen and oxygen atoms in total. The molecule has 102 valence electrons. The molecule has 0 amide bonds. The fourth-order valence-corrected chi connectivity index (χ4v) is 1.81. The Morgan fingerprint density at radius 1 is 1.56 bits per heavy atom. The summed E-state index contributed by atoms with van der Waals surface area (Å²) in [5, 5.41) is 27.3. The normalized spacial score (nSPS) is 11.6. The molecule has 0 saturated heterocycles. The van der Waals surface area contributed by atoms with Gasteiger partial charge in [-0.2, -0.15) is 5.10 Å². The molecular weight excluding hydrogens is 236 g/mol. The summed E-state index contributed by atoms with van der Waals surface area (Å²) in [5.74, 6) is 0.401. The average Bonchev–Trinajstić information content (AvgIpc) is 2.53. The van der Waals surface area contributed by atoms with Gasteiger partial charge in [-0.05, 0) is 34.1 Å². The van der Waals surface area contributed by atoms with Gasteiger partial charge >= 0.3 is 5.69 Å². The number of aliphatic hydroxyl groups is 1. The molecule has 0 aliphatic rings. The summed E-state index contributed by atoms with van der Waals surface area (Å²) in [4.78, 5) is 10.7. The van der Waals surface area contributed by atoms with Crippen molar-refractivity contribution in [1.29, 1.82) is 0 Å². The fraction of sp³-hybridized carbons (Fsp3) is 0.727. The molecule has 0 spiro atoms. The lowest BCUT2D eigenvalue weighted by molar-refractivity contribution is -0.384. The molecule has 0 aliphatic carbocycles. The first-order valence-corrected chi connectivity index (χ1v) is 5.93. The highest BCUT2D eigenvalue weighted by atomic mass is 16.6. The van der Waals surface area contributed by atoms with Gasteiger partial charge in [0.25, 0.3) is 0 Å². The Balaban J connectivity index is 3.17. The van der Waals surface area contributed by atoms with Crippen molar-refractivity contribution in [2.45, 2.75) is 46.2 Å². The van der Waals surface area contributed by atoms with Crippen LogP contribution in [0.4, 0.5) is 11.5 Å². The zero-order chi connectivity index (χ0) is 13.9. The van der Waals surface area contributed by atoms with Crippen LogP contribution in [0, 0.1) is 17.0 Å². The number of rotatable bonds is 6. The maximum atomic E-state index is 11.1. The van der Waals surface area contributed by atoms with E-state index in [1.807, 2.05) is 20.8 Å². The van der Waals surface area contributed by atoms with E-state index in [1.54, 1.807) is 11.6 Å². The molecule has 0 fully saturated rings. The number of nitrogens with zero attached hydrogens (tertiary/aromatic N) is 3. The van der Waals surface area contributed by atoms with E-state index in [1.165, 1.54) is 0 Å². The molecule has 0 unspecified atom stereocenters. The van der Waals surface area contributed by atoms with Gasteiger partial charge in [-0.15, -0.1) is 0 Å². The number of hydrogen-bond donors (Lipinski definition) is 2. The molecule has 1 aromatic heterocycles. The lowest BCUT2D eigenvalue weighted by atomic mass is 10.0. The molecule has 7 heteroatoms. The molecule has 2 N–H and O–H groups in total. The van der Waals surface area contributed by atoms with Crippen molar-refractivity contribution in [3.05, 3.63) is 15.8 Å². The molecule has 18 heavy (non-hydrogen) atoms. The van der Waals surface area contributed by atoms with Crippen LogP contribution in [0.1, 0.15) is 32.9 Å². The third-order valence-corrected chi connectivity index (χ3v) is 2.77. The highest BCUT2D eigenvalue weighted by Gasteiger charge is 2.29. The van der Waals surface area contributed by atoms with Crippen LogP contribution < -0.4 is 5.32 Å². The van der Waals surface area contributed by atoms with Crippen LogP contribution in [0.15, 0.2) is 0 Å². The van der Waals surface area contributed by atoms with E-state index in [0.717, 1.165) is 0 Å². The Bertz CT molecular complexity index is 440. The smallest absolute Gasteiger partial charge is 0.333 e. The Hall–Kier alpha value is -1.63. The lowest BCUT2D eigenvalue weighted by Crippen LogP contribution is -2.33.